The fourth-order valence-electron chi connectivity index (χ4n) is 4.01. The number of aryl methyl sites for hydroxylation is 1. The summed E-state index contributed by atoms with van der Waals surface area (Å²) in [4.78, 5) is 30.1. The van der Waals surface area contributed by atoms with E-state index in [2.05, 4.69) is 10.3 Å². The molecule has 0 spiro atoms. The minimum atomic E-state index is -3.11. The topological polar surface area (TPSA) is 98.1 Å². The molecule has 8 heteroatoms. The van der Waals surface area contributed by atoms with Gasteiger partial charge >= 0.3 is 0 Å². The first-order valence-corrected chi connectivity index (χ1v) is 11.1. The molecule has 2 aliphatic heterocycles. The lowest BCUT2D eigenvalue weighted by atomic mass is 10.0. The Hall–Kier alpha value is -2.22. The van der Waals surface area contributed by atoms with Crippen molar-refractivity contribution in [2.24, 2.45) is 0 Å². The largest absolute Gasteiger partial charge is 0.346 e. The molecular weight excluding hydrogens is 366 g/mol. The van der Waals surface area contributed by atoms with E-state index in [1.54, 1.807) is 29.7 Å². The van der Waals surface area contributed by atoms with Crippen LogP contribution in [-0.4, -0.2) is 40.9 Å². The lowest BCUT2D eigenvalue weighted by molar-refractivity contribution is 0.0915. The third kappa shape index (κ3) is 3.50. The van der Waals surface area contributed by atoms with Gasteiger partial charge in [0.2, 0.25) is 0 Å². The number of fused-ring (bicyclic) bond motifs is 2. The summed E-state index contributed by atoms with van der Waals surface area (Å²) in [5.41, 5.74) is 0.0900. The average molecular weight is 389 g/mol. The highest BCUT2D eigenvalue weighted by atomic mass is 32.2. The fraction of sp³-hybridized carbons (Fsp3) is 0.526. The summed E-state index contributed by atoms with van der Waals surface area (Å²) in [6.07, 6.45) is 4.22. The Morgan fingerprint density at radius 2 is 2.07 bits per heavy atom. The average Bonchev–Trinajstić information content (AvgIpc) is 2.76. The van der Waals surface area contributed by atoms with E-state index in [0.717, 1.165) is 31.5 Å². The van der Waals surface area contributed by atoms with Crippen molar-refractivity contribution < 1.29 is 13.2 Å². The minimum absolute atomic E-state index is 0.0492. The van der Waals surface area contributed by atoms with Crippen LogP contribution in [0.15, 0.2) is 23.0 Å². The molecule has 0 aliphatic carbocycles. The Morgan fingerprint density at radius 1 is 1.26 bits per heavy atom. The molecule has 1 saturated heterocycles. The quantitative estimate of drug-likeness (QED) is 0.838. The van der Waals surface area contributed by atoms with E-state index < -0.39 is 15.4 Å². The summed E-state index contributed by atoms with van der Waals surface area (Å²) in [6.45, 7) is 2.44. The van der Waals surface area contributed by atoms with Crippen LogP contribution < -0.4 is 10.9 Å². The second-order valence-electron chi connectivity index (χ2n) is 7.88. The van der Waals surface area contributed by atoms with Crippen LogP contribution in [0.4, 0.5) is 0 Å². The van der Waals surface area contributed by atoms with Gasteiger partial charge in [-0.15, -0.1) is 0 Å². The zero-order valence-corrected chi connectivity index (χ0v) is 16.1. The van der Waals surface area contributed by atoms with E-state index in [-0.39, 0.29) is 23.0 Å². The fourth-order valence-corrected chi connectivity index (χ4v) is 6.11. The predicted octanol–water partition coefficient (Wildman–Crippen LogP) is 1.43. The Morgan fingerprint density at radius 3 is 2.81 bits per heavy atom. The lowest BCUT2D eigenvalue weighted by Gasteiger charge is -2.24. The minimum Gasteiger partial charge on any atom is -0.346 e. The maximum Gasteiger partial charge on any atom is 0.261 e. The smallest absolute Gasteiger partial charge is 0.261 e. The molecule has 144 valence electrons. The molecule has 1 atom stereocenters. The van der Waals surface area contributed by atoms with Gasteiger partial charge in [0.1, 0.15) is 5.82 Å². The van der Waals surface area contributed by atoms with E-state index in [1.165, 1.54) is 0 Å². The van der Waals surface area contributed by atoms with Crippen molar-refractivity contribution >= 4 is 26.6 Å². The molecule has 1 aromatic heterocycles. The summed E-state index contributed by atoms with van der Waals surface area (Å²) < 4.78 is 25.2. The van der Waals surface area contributed by atoms with Crippen LogP contribution in [0.2, 0.25) is 0 Å². The van der Waals surface area contributed by atoms with E-state index in [4.69, 9.17) is 0 Å². The van der Waals surface area contributed by atoms with Gasteiger partial charge in [-0.3, -0.25) is 14.2 Å². The monoisotopic (exact) mass is 389 g/mol. The third-order valence-electron chi connectivity index (χ3n) is 5.50. The second kappa shape index (κ2) is 6.44. The highest BCUT2D eigenvalue weighted by Crippen LogP contribution is 2.24. The summed E-state index contributed by atoms with van der Waals surface area (Å²) in [5.74, 6) is 0.475. The van der Waals surface area contributed by atoms with Crippen LogP contribution in [-0.2, 0) is 22.8 Å². The molecule has 1 aromatic carbocycles. The third-order valence-corrected chi connectivity index (χ3v) is 7.40. The molecule has 2 aliphatic rings. The molecule has 27 heavy (non-hydrogen) atoms. The van der Waals surface area contributed by atoms with Crippen LogP contribution in [0, 0.1) is 0 Å². The van der Waals surface area contributed by atoms with Gasteiger partial charge in [-0.1, -0.05) is 6.42 Å². The molecule has 3 heterocycles. The number of nitrogens with one attached hydrogen (secondary N) is 1. The molecule has 7 nitrogen and oxygen atoms in total. The number of hydrogen-bond donors (Lipinski definition) is 1. The number of carbonyl (C=O) groups is 1. The van der Waals surface area contributed by atoms with Crippen molar-refractivity contribution in [2.75, 3.05) is 11.5 Å². The van der Waals surface area contributed by atoms with Gasteiger partial charge in [0.05, 0.1) is 27.9 Å². The molecular formula is C19H23N3O4S. The van der Waals surface area contributed by atoms with Crippen LogP contribution in [0.1, 0.15) is 48.8 Å². The molecule has 0 bridgehead atoms. The van der Waals surface area contributed by atoms with Crippen molar-refractivity contribution in [3.05, 3.63) is 39.9 Å². The summed E-state index contributed by atoms with van der Waals surface area (Å²) in [5, 5.41) is 3.36. The van der Waals surface area contributed by atoms with Gasteiger partial charge in [0, 0.05) is 18.5 Å². The van der Waals surface area contributed by atoms with Gasteiger partial charge in [-0.05, 0) is 44.4 Å². The normalized spacial score (nSPS) is 24.3. The van der Waals surface area contributed by atoms with Crippen molar-refractivity contribution in [1.82, 2.24) is 14.9 Å². The van der Waals surface area contributed by atoms with Crippen molar-refractivity contribution in [3.8, 4) is 0 Å². The highest BCUT2D eigenvalue weighted by molar-refractivity contribution is 7.91. The summed E-state index contributed by atoms with van der Waals surface area (Å²) in [7, 11) is -3.11. The Bertz CT molecular complexity index is 1090. The Kier molecular flexibility index (Phi) is 4.33. The Labute approximate surface area is 157 Å². The van der Waals surface area contributed by atoms with Crippen molar-refractivity contribution in [1.29, 1.82) is 0 Å². The second-order valence-corrected chi connectivity index (χ2v) is 10.1. The predicted molar refractivity (Wildman–Crippen MR) is 103 cm³/mol. The first kappa shape index (κ1) is 18.2. The van der Waals surface area contributed by atoms with E-state index in [9.17, 15) is 18.0 Å². The zero-order chi connectivity index (χ0) is 19.2. The van der Waals surface area contributed by atoms with Gasteiger partial charge in [0.25, 0.3) is 11.5 Å². The van der Waals surface area contributed by atoms with Crippen molar-refractivity contribution in [2.45, 2.75) is 51.1 Å². The number of rotatable bonds is 2. The van der Waals surface area contributed by atoms with E-state index >= 15 is 0 Å². The number of hydrogen-bond acceptors (Lipinski definition) is 5. The van der Waals surface area contributed by atoms with Crippen LogP contribution in [0.25, 0.3) is 10.9 Å². The van der Waals surface area contributed by atoms with Crippen molar-refractivity contribution in [3.63, 3.8) is 0 Å². The van der Waals surface area contributed by atoms with Gasteiger partial charge in [0.15, 0.2) is 9.84 Å². The Balaban J connectivity index is 1.67. The standard InChI is InChI=1S/C19H23N3O4S/c1-19(8-10-27(25,26)12-19)21-17(23)13-6-7-14-15(11-13)20-16-5-3-2-4-9-22(16)18(14)24/h6-7,11H,2-5,8-10,12H2,1H3,(H,21,23)/t19-/m1/s1. The molecule has 4 rings (SSSR count). The summed E-state index contributed by atoms with van der Waals surface area (Å²) >= 11 is 0. The van der Waals surface area contributed by atoms with Gasteiger partial charge in [-0.25, -0.2) is 13.4 Å². The summed E-state index contributed by atoms with van der Waals surface area (Å²) in [6, 6.07) is 4.88. The molecule has 1 N–H and O–H groups in total. The number of sulfone groups is 1. The first-order chi connectivity index (χ1) is 12.8. The van der Waals surface area contributed by atoms with Gasteiger partial charge < -0.3 is 5.32 Å². The maximum atomic E-state index is 12.8. The highest BCUT2D eigenvalue weighted by Gasteiger charge is 2.39. The zero-order valence-electron chi connectivity index (χ0n) is 15.3. The van der Waals surface area contributed by atoms with Crippen LogP contribution in [0.3, 0.4) is 0 Å². The maximum absolute atomic E-state index is 12.8. The first-order valence-electron chi connectivity index (χ1n) is 9.33. The number of amides is 1. The number of carbonyl (C=O) groups excluding carboxylic acids is 1. The molecule has 1 fully saturated rings. The molecule has 0 unspecified atom stereocenters. The van der Waals surface area contributed by atoms with Gasteiger partial charge in [-0.2, -0.15) is 0 Å². The van der Waals surface area contributed by atoms with E-state index in [1.807, 2.05) is 0 Å². The molecule has 2 aromatic rings. The van der Waals surface area contributed by atoms with E-state index in [0.29, 0.717) is 29.4 Å². The lowest BCUT2D eigenvalue weighted by Crippen LogP contribution is -2.46. The molecule has 0 radical (unpaired) electrons. The molecule has 1 amide bonds. The number of benzene rings is 1. The number of aromatic nitrogens is 2. The van der Waals surface area contributed by atoms with Crippen LogP contribution in [0.5, 0.6) is 0 Å². The van der Waals surface area contributed by atoms with Crippen LogP contribution >= 0.6 is 0 Å². The number of nitrogens with zero attached hydrogens (tertiary/aromatic N) is 2. The SMILES string of the molecule is C[C@@]1(NC(=O)c2ccc3c(=O)n4c(nc3c2)CCCCC4)CCS(=O)(=O)C1. The molecule has 0 saturated carbocycles.